The van der Waals surface area contributed by atoms with E-state index in [9.17, 15) is 19.5 Å². The molecule has 3 aromatic rings. The van der Waals surface area contributed by atoms with Crippen molar-refractivity contribution in [3.63, 3.8) is 0 Å². The summed E-state index contributed by atoms with van der Waals surface area (Å²) in [6.45, 7) is 11.0. The number of carboxylic acids is 1. The molecule has 57 heavy (non-hydrogen) atoms. The van der Waals surface area contributed by atoms with Crippen LogP contribution in [0.3, 0.4) is 0 Å². The number of aliphatic carboxylic acids is 1. The molecule has 3 N–H and O–H groups in total. The Labute approximate surface area is 342 Å². The largest absolute Gasteiger partial charge is 0.481 e. The highest BCUT2D eigenvalue weighted by atomic mass is 32.1. The van der Waals surface area contributed by atoms with Crippen LogP contribution in [0.15, 0.2) is 66.0 Å². The summed E-state index contributed by atoms with van der Waals surface area (Å²) in [6, 6.07) is 17.7. The molecule has 0 saturated carbocycles. The molecule has 2 heterocycles. The topological polar surface area (TPSA) is 150 Å². The molecule has 1 aliphatic heterocycles. The third kappa shape index (κ3) is 13.4. The van der Waals surface area contributed by atoms with E-state index in [1.807, 2.05) is 86.5 Å². The molecule has 0 bridgehead atoms. The SMILES string of the molecule is CCC(C)C(NC(=O)C1CCCCN1C)C(=O)N(Cc1ccccc1)C(CC(OCOC)c1nc(C(=O)NC(Cc2ccccc2)CC(C)C(=O)O)cs1)C(C)C. The molecule has 2 aromatic carbocycles. The van der Waals surface area contributed by atoms with Crippen molar-refractivity contribution >= 4 is 35.0 Å². The van der Waals surface area contributed by atoms with Crippen LogP contribution in [0.4, 0.5) is 0 Å². The van der Waals surface area contributed by atoms with Crippen molar-refractivity contribution < 1.29 is 33.8 Å². The van der Waals surface area contributed by atoms with Crippen LogP contribution in [0.2, 0.25) is 0 Å². The predicted molar refractivity (Wildman–Crippen MR) is 223 cm³/mol. The lowest BCUT2D eigenvalue weighted by atomic mass is 9.91. The summed E-state index contributed by atoms with van der Waals surface area (Å²) in [7, 11) is 3.51. The second-order valence-corrected chi connectivity index (χ2v) is 16.7. The highest BCUT2D eigenvalue weighted by molar-refractivity contribution is 7.09. The van der Waals surface area contributed by atoms with E-state index in [1.54, 1.807) is 12.3 Å². The molecule has 312 valence electrons. The zero-order valence-electron chi connectivity index (χ0n) is 34.7. The van der Waals surface area contributed by atoms with Gasteiger partial charge in [0.25, 0.3) is 5.91 Å². The number of benzene rings is 2. The number of methoxy groups -OCH3 is 1. The number of hydrogen-bond donors (Lipinski definition) is 3. The monoisotopic (exact) mass is 805 g/mol. The average molecular weight is 806 g/mol. The number of nitrogens with zero attached hydrogens (tertiary/aromatic N) is 3. The van der Waals surface area contributed by atoms with Gasteiger partial charge < -0.3 is 30.1 Å². The first-order chi connectivity index (χ1) is 27.3. The van der Waals surface area contributed by atoms with Crippen LogP contribution in [-0.4, -0.2) is 95.2 Å². The Morgan fingerprint density at radius 3 is 2.23 bits per heavy atom. The van der Waals surface area contributed by atoms with Crippen LogP contribution in [0, 0.1) is 17.8 Å². The smallest absolute Gasteiger partial charge is 0.306 e. The Hall–Kier alpha value is -4.17. The summed E-state index contributed by atoms with van der Waals surface area (Å²) in [4.78, 5) is 63.0. The van der Waals surface area contributed by atoms with Gasteiger partial charge in [-0.3, -0.25) is 24.1 Å². The fraction of sp³-hybridized carbons (Fsp3) is 0.568. The molecular formula is C44H63N5O7S. The van der Waals surface area contributed by atoms with Gasteiger partial charge in [-0.2, -0.15) is 0 Å². The van der Waals surface area contributed by atoms with Gasteiger partial charge in [-0.15, -0.1) is 11.3 Å². The molecule has 0 aliphatic carbocycles. The van der Waals surface area contributed by atoms with E-state index < -0.39 is 36.0 Å². The first-order valence-corrected chi connectivity index (χ1v) is 21.2. The summed E-state index contributed by atoms with van der Waals surface area (Å²) < 4.78 is 11.6. The van der Waals surface area contributed by atoms with Crippen molar-refractivity contribution in [2.45, 2.75) is 116 Å². The molecular weight excluding hydrogens is 743 g/mol. The molecule has 3 amide bonds. The summed E-state index contributed by atoms with van der Waals surface area (Å²) in [6.07, 6.45) is 3.93. The van der Waals surface area contributed by atoms with E-state index in [1.165, 1.54) is 18.4 Å². The first-order valence-electron chi connectivity index (χ1n) is 20.3. The standard InChI is InChI=1S/C44H63N5O7S/c1-8-30(4)39(47-41(51)36-21-15-16-22-48(36)6)43(52)49(26-33-19-13-10-14-20-33)37(29(2)3)25-38(56-28-55-7)42-46-35(27-57-42)40(50)45-34(23-31(5)44(53)54)24-32-17-11-9-12-18-32/h9-14,17-20,27,29-31,34,36-39H,8,15-16,21-26,28H2,1-7H3,(H,45,50)(H,47,51)(H,53,54). The predicted octanol–water partition coefficient (Wildman–Crippen LogP) is 6.72. The number of carbonyl (C=O) groups is 4. The fourth-order valence-corrected chi connectivity index (χ4v) is 8.30. The van der Waals surface area contributed by atoms with Gasteiger partial charge in [0, 0.05) is 37.5 Å². The number of aromatic nitrogens is 1. The number of rotatable bonds is 22. The number of carboxylic acid groups (broad SMARTS) is 1. The van der Waals surface area contributed by atoms with Crippen LogP contribution in [0.25, 0.3) is 0 Å². The maximum Gasteiger partial charge on any atom is 0.306 e. The Balaban J connectivity index is 1.63. The summed E-state index contributed by atoms with van der Waals surface area (Å²) in [5.41, 5.74) is 2.15. The molecule has 13 heteroatoms. The quantitative estimate of drug-likeness (QED) is 0.0942. The molecule has 7 atom stereocenters. The van der Waals surface area contributed by atoms with Gasteiger partial charge in [-0.1, -0.05) is 108 Å². The fourth-order valence-electron chi connectivity index (χ4n) is 7.44. The highest BCUT2D eigenvalue weighted by Crippen LogP contribution is 2.32. The number of likely N-dealkylation sites (tertiary alicyclic amines) is 1. The number of nitrogens with one attached hydrogen (secondary N) is 2. The number of piperidine rings is 1. The van der Waals surface area contributed by atoms with Crippen molar-refractivity contribution in [1.82, 2.24) is 25.4 Å². The minimum absolute atomic E-state index is 0.0261. The average Bonchev–Trinajstić information content (AvgIpc) is 3.70. The van der Waals surface area contributed by atoms with Crippen LogP contribution in [-0.2, 0) is 36.8 Å². The number of ether oxygens (including phenoxy) is 2. The number of hydrogen-bond acceptors (Lipinski definition) is 9. The molecule has 12 nitrogen and oxygen atoms in total. The maximum absolute atomic E-state index is 15.0. The van der Waals surface area contributed by atoms with Crippen LogP contribution in [0.1, 0.15) is 106 Å². The van der Waals surface area contributed by atoms with E-state index in [0.29, 0.717) is 30.8 Å². The van der Waals surface area contributed by atoms with Crippen LogP contribution in [0.5, 0.6) is 0 Å². The number of likely N-dealkylation sites (N-methyl/N-ethyl adjacent to an activating group) is 1. The Morgan fingerprint density at radius 1 is 0.965 bits per heavy atom. The summed E-state index contributed by atoms with van der Waals surface area (Å²) in [5.74, 6) is -2.40. The zero-order chi connectivity index (χ0) is 41.5. The van der Waals surface area contributed by atoms with Gasteiger partial charge in [0.15, 0.2) is 0 Å². The maximum atomic E-state index is 15.0. The normalized spacial score (nSPS) is 17.9. The molecule has 1 saturated heterocycles. The van der Waals surface area contributed by atoms with E-state index in [2.05, 4.69) is 29.4 Å². The molecule has 4 rings (SSSR count). The molecule has 7 unspecified atom stereocenters. The molecule has 0 radical (unpaired) electrons. The lowest BCUT2D eigenvalue weighted by Crippen LogP contribution is -2.58. The van der Waals surface area contributed by atoms with Gasteiger partial charge in [-0.25, -0.2) is 4.98 Å². The van der Waals surface area contributed by atoms with E-state index in [0.717, 1.165) is 36.9 Å². The van der Waals surface area contributed by atoms with Gasteiger partial charge in [-0.05, 0) is 62.2 Å². The number of amides is 3. The van der Waals surface area contributed by atoms with Crippen LogP contribution >= 0.6 is 11.3 Å². The second kappa shape index (κ2) is 22.7. The van der Waals surface area contributed by atoms with E-state index in [4.69, 9.17) is 14.5 Å². The molecule has 1 aliphatic rings. The zero-order valence-corrected chi connectivity index (χ0v) is 35.5. The van der Waals surface area contributed by atoms with Gasteiger partial charge in [0.2, 0.25) is 11.8 Å². The Kier molecular flexibility index (Phi) is 18.1. The lowest BCUT2D eigenvalue weighted by Gasteiger charge is -2.40. The van der Waals surface area contributed by atoms with Crippen molar-refractivity contribution in [1.29, 1.82) is 0 Å². The second-order valence-electron chi connectivity index (χ2n) is 15.8. The van der Waals surface area contributed by atoms with E-state index >= 15 is 4.79 Å². The molecule has 1 aromatic heterocycles. The van der Waals surface area contributed by atoms with Crippen LogP contribution < -0.4 is 10.6 Å². The van der Waals surface area contributed by atoms with Gasteiger partial charge in [0.05, 0.1) is 12.0 Å². The van der Waals surface area contributed by atoms with Crippen molar-refractivity contribution in [2.75, 3.05) is 27.5 Å². The van der Waals surface area contributed by atoms with E-state index in [-0.39, 0.29) is 54.6 Å². The van der Waals surface area contributed by atoms with Gasteiger partial charge in [0.1, 0.15) is 29.6 Å². The van der Waals surface area contributed by atoms with Crippen molar-refractivity contribution in [2.24, 2.45) is 17.8 Å². The molecule has 1 fully saturated rings. The summed E-state index contributed by atoms with van der Waals surface area (Å²) >= 11 is 1.29. The number of carbonyl (C=O) groups excluding carboxylic acids is 3. The minimum Gasteiger partial charge on any atom is -0.481 e. The van der Waals surface area contributed by atoms with Crippen molar-refractivity contribution in [3.8, 4) is 0 Å². The number of thiazole rings is 1. The highest BCUT2D eigenvalue weighted by Gasteiger charge is 2.38. The minimum atomic E-state index is -0.925. The third-order valence-corrected chi connectivity index (χ3v) is 12.0. The lowest BCUT2D eigenvalue weighted by molar-refractivity contribution is -0.144. The van der Waals surface area contributed by atoms with Crippen molar-refractivity contribution in [3.05, 3.63) is 87.9 Å². The summed E-state index contributed by atoms with van der Waals surface area (Å²) in [5, 5.41) is 18.1. The molecule has 0 spiro atoms. The Morgan fingerprint density at radius 2 is 1.63 bits per heavy atom. The first kappa shape index (κ1) is 45.5. The third-order valence-electron chi connectivity index (χ3n) is 11.1. The van der Waals surface area contributed by atoms with Gasteiger partial charge >= 0.3 is 5.97 Å². The Bertz CT molecular complexity index is 1710.